The summed E-state index contributed by atoms with van der Waals surface area (Å²) >= 11 is 0. The zero-order valence-corrected chi connectivity index (χ0v) is 8.47. The van der Waals surface area contributed by atoms with Crippen LogP contribution in [0.15, 0.2) is 0 Å². The van der Waals surface area contributed by atoms with E-state index in [1.54, 1.807) is 0 Å². The van der Waals surface area contributed by atoms with Crippen LogP contribution in [0.4, 0.5) is 13.2 Å². The van der Waals surface area contributed by atoms with E-state index in [1.165, 1.54) is 13.8 Å². The zero-order valence-electron chi connectivity index (χ0n) is 8.47. The minimum absolute atomic E-state index is 0.182. The first-order valence-electron chi connectivity index (χ1n) is 4.25. The Hall–Kier alpha value is -0.820. The highest BCUT2D eigenvalue weighted by molar-refractivity contribution is 5.77. The molecule has 0 fully saturated rings. The van der Waals surface area contributed by atoms with Crippen LogP contribution in [-0.2, 0) is 9.53 Å². The fourth-order valence-corrected chi connectivity index (χ4v) is 0.980. The van der Waals surface area contributed by atoms with Gasteiger partial charge in [-0.15, -0.1) is 0 Å². The number of carboxylic acid groups (broad SMARTS) is 1. The van der Waals surface area contributed by atoms with Crippen LogP contribution in [0.5, 0.6) is 0 Å². The van der Waals surface area contributed by atoms with Gasteiger partial charge in [0.2, 0.25) is 0 Å². The predicted octanol–water partition coefficient (Wildman–Crippen LogP) is 1.15. The molecule has 0 saturated carbocycles. The molecule has 0 aromatic rings. The maximum atomic E-state index is 11.7. The Labute approximate surface area is 85.2 Å². The van der Waals surface area contributed by atoms with Gasteiger partial charge in [-0.2, -0.15) is 13.2 Å². The van der Waals surface area contributed by atoms with Gasteiger partial charge in [-0.1, -0.05) is 0 Å². The Bertz CT molecular complexity index is 228. The van der Waals surface area contributed by atoms with E-state index >= 15 is 0 Å². The first kappa shape index (κ1) is 14.2. The molecule has 4 nitrogen and oxygen atoms in total. The fourth-order valence-electron chi connectivity index (χ4n) is 0.980. The van der Waals surface area contributed by atoms with Crippen molar-refractivity contribution < 1.29 is 27.8 Å². The van der Waals surface area contributed by atoms with Gasteiger partial charge in [-0.3, -0.25) is 4.79 Å². The molecule has 0 spiro atoms. The summed E-state index contributed by atoms with van der Waals surface area (Å²) in [5.41, 5.74) is 3.76. The van der Waals surface area contributed by atoms with Crippen molar-refractivity contribution in [3.05, 3.63) is 0 Å². The Morgan fingerprint density at radius 1 is 1.53 bits per heavy atom. The second kappa shape index (κ2) is 4.80. The predicted molar refractivity (Wildman–Crippen MR) is 46.3 cm³/mol. The van der Waals surface area contributed by atoms with Gasteiger partial charge in [-0.05, 0) is 13.8 Å². The van der Waals surface area contributed by atoms with Gasteiger partial charge in [0, 0.05) is 6.42 Å². The molecule has 0 radical (unpaired) electrons. The van der Waals surface area contributed by atoms with Crippen molar-refractivity contribution in [2.75, 3.05) is 6.61 Å². The van der Waals surface area contributed by atoms with Crippen molar-refractivity contribution in [2.45, 2.75) is 38.1 Å². The molecule has 0 amide bonds. The molecule has 0 aromatic heterocycles. The summed E-state index contributed by atoms with van der Waals surface area (Å²) in [5, 5.41) is 8.62. The molecule has 0 rings (SSSR count). The molecule has 7 heteroatoms. The quantitative estimate of drug-likeness (QED) is 0.741. The molecule has 0 heterocycles. The van der Waals surface area contributed by atoms with E-state index in [1.807, 2.05) is 0 Å². The number of alkyl halides is 3. The molecule has 2 unspecified atom stereocenters. The Balaban J connectivity index is 4.04. The summed E-state index contributed by atoms with van der Waals surface area (Å²) in [6.45, 7) is 1.17. The fraction of sp³-hybridized carbons (Fsp3) is 0.875. The van der Waals surface area contributed by atoms with Gasteiger partial charge in [0.15, 0.2) is 0 Å². The average Bonchev–Trinajstić information content (AvgIpc) is 1.98. The zero-order chi connectivity index (χ0) is 12.3. The van der Waals surface area contributed by atoms with E-state index in [2.05, 4.69) is 4.74 Å². The number of nitrogens with two attached hydrogens (primary N) is 1. The molecular formula is C8H14F3NO3. The SMILES string of the molecule is CC(CC(C)(N)C(=O)O)OCC(F)(F)F. The van der Waals surface area contributed by atoms with Crippen molar-refractivity contribution in [3.63, 3.8) is 0 Å². The maximum absolute atomic E-state index is 11.7. The number of rotatable bonds is 5. The third-order valence-corrected chi connectivity index (χ3v) is 1.73. The smallest absolute Gasteiger partial charge is 0.411 e. The Morgan fingerprint density at radius 2 is 2.00 bits per heavy atom. The lowest BCUT2D eigenvalue weighted by atomic mass is 9.96. The van der Waals surface area contributed by atoms with Crippen molar-refractivity contribution in [2.24, 2.45) is 5.73 Å². The van der Waals surface area contributed by atoms with Gasteiger partial charge in [-0.25, -0.2) is 0 Å². The van der Waals surface area contributed by atoms with Crippen LogP contribution < -0.4 is 5.73 Å². The van der Waals surface area contributed by atoms with Crippen molar-refractivity contribution >= 4 is 5.97 Å². The minimum Gasteiger partial charge on any atom is -0.480 e. The van der Waals surface area contributed by atoms with Crippen molar-refractivity contribution in [3.8, 4) is 0 Å². The molecule has 0 saturated heterocycles. The second-order valence-corrected chi connectivity index (χ2v) is 3.66. The molecule has 15 heavy (non-hydrogen) atoms. The molecule has 3 N–H and O–H groups in total. The molecule has 90 valence electrons. The number of ether oxygens (including phenoxy) is 1. The molecular weight excluding hydrogens is 215 g/mol. The normalized spacial score (nSPS) is 18.3. The molecule has 0 aliphatic carbocycles. The Kier molecular flexibility index (Phi) is 4.54. The van der Waals surface area contributed by atoms with Crippen LogP contribution >= 0.6 is 0 Å². The van der Waals surface area contributed by atoms with Crippen LogP contribution in [0.3, 0.4) is 0 Å². The summed E-state index contributed by atoms with van der Waals surface area (Å²) in [5.74, 6) is -1.27. The minimum atomic E-state index is -4.41. The topological polar surface area (TPSA) is 72.6 Å². The Morgan fingerprint density at radius 3 is 2.33 bits per heavy atom. The first-order chi connectivity index (χ1) is 6.54. The highest BCUT2D eigenvalue weighted by atomic mass is 19.4. The number of carboxylic acids is 1. The largest absolute Gasteiger partial charge is 0.480 e. The van der Waals surface area contributed by atoms with Gasteiger partial charge in [0.1, 0.15) is 12.1 Å². The van der Waals surface area contributed by atoms with E-state index in [0.29, 0.717) is 0 Å². The van der Waals surface area contributed by atoms with E-state index in [4.69, 9.17) is 10.8 Å². The van der Waals surface area contributed by atoms with Gasteiger partial charge in [0.25, 0.3) is 0 Å². The van der Waals surface area contributed by atoms with E-state index in [0.717, 1.165) is 0 Å². The lowest BCUT2D eigenvalue weighted by Gasteiger charge is -2.23. The summed E-state index contributed by atoms with van der Waals surface area (Å²) in [6, 6.07) is 0. The lowest BCUT2D eigenvalue weighted by Crippen LogP contribution is -2.47. The lowest BCUT2D eigenvalue weighted by molar-refractivity contribution is -0.185. The van der Waals surface area contributed by atoms with Crippen LogP contribution in [-0.4, -0.2) is 35.5 Å². The van der Waals surface area contributed by atoms with E-state index < -0.39 is 30.4 Å². The van der Waals surface area contributed by atoms with Crippen LogP contribution in [0.25, 0.3) is 0 Å². The molecule has 0 aromatic carbocycles. The average molecular weight is 229 g/mol. The number of aliphatic carboxylic acids is 1. The first-order valence-corrected chi connectivity index (χ1v) is 4.25. The van der Waals surface area contributed by atoms with Crippen molar-refractivity contribution in [1.82, 2.24) is 0 Å². The third-order valence-electron chi connectivity index (χ3n) is 1.73. The summed E-state index contributed by atoms with van der Waals surface area (Å²) < 4.78 is 39.6. The summed E-state index contributed by atoms with van der Waals surface area (Å²) in [7, 11) is 0. The van der Waals surface area contributed by atoms with Gasteiger partial charge >= 0.3 is 12.1 Å². The van der Waals surface area contributed by atoms with Crippen LogP contribution in [0.1, 0.15) is 20.3 Å². The van der Waals surface area contributed by atoms with Gasteiger partial charge < -0.3 is 15.6 Å². The molecule has 2 atom stereocenters. The van der Waals surface area contributed by atoms with Gasteiger partial charge in [0.05, 0.1) is 6.10 Å². The molecule has 0 aliphatic rings. The second-order valence-electron chi connectivity index (χ2n) is 3.66. The standard InChI is InChI=1S/C8H14F3NO3/c1-5(15-4-8(9,10)11)3-7(2,12)6(13)14/h5H,3-4,12H2,1-2H3,(H,13,14). The monoisotopic (exact) mass is 229 g/mol. The molecule has 0 aliphatic heterocycles. The van der Waals surface area contributed by atoms with Crippen LogP contribution in [0, 0.1) is 0 Å². The summed E-state index contributed by atoms with van der Waals surface area (Å²) in [4.78, 5) is 10.6. The summed E-state index contributed by atoms with van der Waals surface area (Å²) in [6.07, 6.45) is -5.46. The van der Waals surface area contributed by atoms with E-state index in [-0.39, 0.29) is 6.42 Å². The highest BCUT2D eigenvalue weighted by Crippen LogP contribution is 2.18. The maximum Gasteiger partial charge on any atom is 0.411 e. The number of hydrogen-bond acceptors (Lipinski definition) is 3. The highest BCUT2D eigenvalue weighted by Gasteiger charge is 2.33. The molecule has 0 bridgehead atoms. The number of hydrogen-bond donors (Lipinski definition) is 2. The number of carbonyl (C=O) groups is 1. The third kappa shape index (κ3) is 6.29. The van der Waals surface area contributed by atoms with E-state index in [9.17, 15) is 18.0 Å². The number of halogens is 3. The van der Waals surface area contributed by atoms with Crippen LogP contribution in [0.2, 0.25) is 0 Å². The van der Waals surface area contributed by atoms with Crippen molar-refractivity contribution in [1.29, 1.82) is 0 Å².